The molecule has 0 saturated carbocycles. The summed E-state index contributed by atoms with van der Waals surface area (Å²) in [5.74, 6) is 2.39. The van der Waals surface area contributed by atoms with E-state index in [4.69, 9.17) is 9.72 Å². The Morgan fingerprint density at radius 3 is 1.66 bits per heavy atom. The number of para-hydroxylation sites is 2. The highest BCUT2D eigenvalue weighted by Crippen LogP contribution is 2.46. The van der Waals surface area contributed by atoms with E-state index in [1.807, 2.05) is 6.20 Å². The lowest BCUT2D eigenvalue weighted by molar-refractivity contribution is 0.483. The molecule has 12 aromatic rings. The number of nitrogens with zero attached hydrogens (tertiary/aromatic N) is 4. The maximum atomic E-state index is 7.00. The molecule has 3 aromatic heterocycles. The molecule has 5 heteroatoms. The Hall–Kier alpha value is -8.67. The lowest BCUT2D eigenvalue weighted by Crippen LogP contribution is -2.17. The fraction of sp³-hybridized carbons (Fsp3) is 0.181. The quantitative estimate of drug-likeness (QED) is 0.166. The summed E-state index contributed by atoms with van der Waals surface area (Å²) in [5, 5.41) is 9.59. The van der Waals surface area contributed by atoms with E-state index in [0.29, 0.717) is 6.67 Å². The molecule has 0 aliphatic carbocycles. The second-order valence-corrected chi connectivity index (χ2v) is 24.1. The van der Waals surface area contributed by atoms with Gasteiger partial charge >= 0.3 is 0 Å². The molecule has 1 aliphatic rings. The van der Waals surface area contributed by atoms with Gasteiger partial charge in [-0.25, -0.2) is 4.98 Å². The Kier molecular flexibility index (Phi) is 11.2. The van der Waals surface area contributed by atoms with E-state index in [0.717, 1.165) is 45.1 Å². The largest absolute Gasteiger partial charge is 0.457 e. The topological polar surface area (TPSA) is 35.2 Å². The number of hydrogen-bond donors (Lipinski definition) is 0. The smallest absolute Gasteiger partial charge is 0.137 e. The van der Waals surface area contributed by atoms with Gasteiger partial charge in [0.2, 0.25) is 0 Å². The maximum Gasteiger partial charge on any atom is 0.137 e. The van der Waals surface area contributed by atoms with Crippen LogP contribution in [-0.2, 0) is 22.9 Å². The van der Waals surface area contributed by atoms with Crippen molar-refractivity contribution in [2.75, 3.05) is 4.90 Å². The summed E-state index contributed by atoms with van der Waals surface area (Å²) in [5.41, 5.74) is 15.3. The van der Waals surface area contributed by atoms with Crippen molar-refractivity contribution < 1.29 is 4.74 Å². The third-order valence-electron chi connectivity index (χ3n) is 15.9. The fourth-order valence-corrected chi connectivity index (χ4v) is 11.8. The molecule has 0 fully saturated rings. The van der Waals surface area contributed by atoms with Gasteiger partial charge in [-0.15, -0.1) is 0 Å². The average molecular weight is 1000 g/mol. The summed E-state index contributed by atoms with van der Waals surface area (Å²) in [6, 6.07) is 75.9. The molecule has 9 aromatic carbocycles. The van der Waals surface area contributed by atoms with E-state index in [9.17, 15) is 0 Å². The number of pyridine rings is 1. The number of fused-ring (bicyclic) bond motifs is 10. The van der Waals surface area contributed by atoms with Crippen molar-refractivity contribution in [1.82, 2.24) is 14.1 Å². The van der Waals surface area contributed by atoms with Crippen molar-refractivity contribution in [2.24, 2.45) is 0 Å². The van der Waals surface area contributed by atoms with E-state index in [2.05, 4.69) is 283 Å². The normalized spacial score (nSPS) is 12.9. The lowest BCUT2D eigenvalue weighted by atomic mass is 9.78. The number of hydrogen-bond acceptors (Lipinski definition) is 3. The molecule has 4 heterocycles. The number of anilines is 2. The molecule has 0 N–H and O–H groups in total. The van der Waals surface area contributed by atoms with Crippen LogP contribution in [0.1, 0.15) is 79.0 Å². The van der Waals surface area contributed by atoms with E-state index in [1.165, 1.54) is 87.7 Å². The van der Waals surface area contributed by atoms with Gasteiger partial charge in [-0.1, -0.05) is 202 Å². The third kappa shape index (κ3) is 8.37. The summed E-state index contributed by atoms with van der Waals surface area (Å²) in [6.45, 7) is 21.3. The molecule has 0 atom stereocenters. The average Bonchev–Trinajstić information content (AvgIpc) is 4.22. The molecule has 13 rings (SSSR count). The highest BCUT2D eigenvalue weighted by atomic mass is 16.5. The molecule has 77 heavy (non-hydrogen) atoms. The Labute approximate surface area is 452 Å². The van der Waals surface area contributed by atoms with Gasteiger partial charge in [0.1, 0.15) is 24.0 Å². The van der Waals surface area contributed by atoms with Gasteiger partial charge in [0, 0.05) is 51.1 Å². The highest BCUT2D eigenvalue weighted by Gasteiger charge is 2.28. The number of rotatable bonds is 6. The van der Waals surface area contributed by atoms with Crippen LogP contribution in [-0.4, -0.2) is 14.1 Å². The Morgan fingerprint density at radius 2 is 0.987 bits per heavy atom. The molecule has 0 radical (unpaired) electrons. The van der Waals surface area contributed by atoms with Crippen molar-refractivity contribution in [2.45, 2.75) is 85.2 Å². The zero-order valence-corrected chi connectivity index (χ0v) is 45.6. The molecule has 0 bridgehead atoms. The first-order valence-corrected chi connectivity index (χ1v) is 27.1. The van der Waals surface area contributed by atoms with Crippen LogP contribution in [0.15, 0.2) is 212 Å². The molecule has 0 unspecified atom stereocenters. The van der Waals surface area contributed by atoms with Crippen LogP contribution in [0, 0.1) is 0 Å². The van der Waals surface area contributed by atoms with Crippen LogP contribution in [0.2, 0.25) is 0 Å². The van der Waals surface area contributed by atoms with Gasteiger partial charge in [0.15, 0.2) is 0 Å². The van der Waals surface area contributed by atoms with Crippen molar-refractivity contribution in [3.8, 4) is 39.6 Å². The molecule has 0 spiro atoms. The molecule has 1 aliphatic heterocycles. The SMILES string of the molecule is CC(C)(C)c1cc(-c2cccc3c4ccccc4c4ccccc4c4cccc5c4n(c23)CN5c2cccc(Oc3ccc4c5cc(-c6ccccc6)ccc5n(-c5cc(C(C)(C)C)ccn5)c4c3)c2)cc(C(C)(C)C)c1. The van der Waals surface area contributed by atoms with Gasteiger partial charge in [-0.05, 0) is 126 Å². The second kappa shape index (κ2) is 18.0. The summed E-state index contributed by atoms with van der Waals surface area (Å²) in [7, 11) is 0. The minimum Gasteiger partial charge on any atom is -0.457 e. The molecule has 0 saturated heterocycles. The van der Waals surface area contributed by atoms with E-state index in [1.54, 1.807) is 0 Å². The Balaban J connectivity index is 0.991. The van der Waals surface area contributed by atoms with Crippen LogP contribution in [0.3, 0.4) is 0 Å². The first-order valence-electron chi connectivity index (χ1n) is 27.1. The number of aromatic nitrogens is 3. The van der Waals surface area contributed by atoms with Gasteiger partial charge < -0.3 is 14.2 Å². The first kappa shape index (κ1) is 48.0. The third-order valence-corrected chi connectivity index (χ3v) is 15.9. The van der Waals surface area contributed by atoms with Crippen LogP contribution in [0.4, 0.5) is 11.4 Å². The summed E-state index contributed by atoms with van der Waals surface area (Å²) in [4.78, 5) is 7.47. The predicted octanol–water partition coefficient (Wildman–Crippen LogP) is 19.8. The number of ether oxygens (including phenoxy) is 1. The first-order chi connectivity index (χ1) is 37.1. The van der Waals surface area contributed by atoms with Crippen LogP contribution < -0.4 is 9.64 Å². The molecule has 0 amide bonds. The molecule has 5 nitrogen and oxygen atoms in total. The van der Waals surface area contributed by atoms with Crippen molar-refractivity contribution >= 4 is 76.5 Å². The maximum absolute atomic E-state index is 7.00. The van der Waals surface area contributed by atoms with Crippen LogP contribution >= 0.6 is 0 Å². The zero-order valence-electron chi connectivity index (χ0n) is 45.6. The van der Waals surface area contributed by atoms with Crippen LogP contribution in [0.25, 0.3) is 93.2 Å². The number of benzene rings is 9. The fourth-order valence-electron chi connectivity index (χ4n) is 11.8. The van der Waals surface area contributed by atoms with Gasteiger partial charge in [-0.3, -0.25) is 4.57 Å². The van der Waals surface area contributed by atoms with Crippen molar-refractivity contribution in [3.05, 3.63) is 229 Å². The Morgan fingerprint density at radius 1 is 0.390 bits per heavy atom. The minimum absolute atomic E-state index is 0.0457. The van der Waals surface area contributed by atoms with Crippen LogP contribution in [0.5, 0.6) is 11.5 Å². The molecule has 378 valence electrons. The zero-order chi connectivity index (χ0) is 53.0. The van der Waals surface area contributed by atoms with Crippen molar-refractivity contribution in [3.63, 3.8) is 0 Å². The highest BCUT2D eigenvalue weighted by molar-refractivity contribution is 6.22. The molecular weight excluding hydrogens is 937 g/mol. The summed E-state index contributed by atoms with van der Waals surface area (Å²) in [6.07, 6.45) is 1.94. The second-order valence-electron chi connectivity index (χ2n) is 24.1. The predicted molar refractivity (Wildman–Crippen MR) is 326 cm³/mol. The monoisotopic (exact) mass is 1000 g/mol. The van der Waals surface area contributed by atoms with Gasteiger partial charge in [0.05, 0.1) is 27.8 Å². The van der Waals surface area contributed by atoms with Gasteiger partial charge in [-0.2, -0.15) is 0 Å². The van der Waals surface area contributed by atoms with E-state index < -0.39 is 0 Å². The van der Waals surface area contributed by atoms with Crippen molar-refractivity contribution in [1.29, 1.82) is 0 Å². The summed E-state index contributed by atoms with van der Waals surface area (Å²) < 4.78 is 11.9. The summed E-state index contributed by atoms with van der Waals surface area (Å²) >= 11 is 0. The Bertz CT molecular complexity index is 4370. The van der Waals surface area contributed by atoms with Gasteiger partial charge in [0.25, 0.3) is 0 Å². The standard InChI is InChI=1S/C72H64N4O/c1-70(2,3)49-36-37-73-67(42-49)76-64-35-32-47(46-20-11-10-12-21-46)40-63(64)60-34-33-54(44-66(60)76)77-53-23-17-22-52(43-53)74-45-75-68-55(48-38-50(71(4,5)6)41-51(39-48)72(7,8)9)28-18-29-61(68)58-26-15-13-24-56(58)57-25-14-16-27-59(57)62-30-19-31-65(74)69(62)75/h10-44H,45H2,1-9H3. The lowest BCUT2D eigenvalue weighted by Gasteiger charge is -2.27. The van der Waals surface area contributed by atoms with E-state index in [-0.39, 0.29) is 16.2 Å². The van der Waals surface area contributed by atoms with E-state index >= 15 is 0 Å². The minimum atomic E-state index is -0.0474. The molecular formula is C72H64N4O.